The molecule has 0 amide bonds. The van der Waals surface area contributed by atoms with Crippen LogP contribution in [0.4, 0.5) is 0 Å². The lowest BCUT2D eigenvalue weighted by Gasteiger charge is -2.09. The number of hydrogen-bond acceptors (Lipinski definition) is 3. The minimum Gasteiger partial charge on any atom is -0.456 e. The highest BCUT2D eigenvalue weighted by atomic mass is 35.5. The van der Waals surface area contributed by atoms with Gasteiger partial charge in [-0.2, -0.15) is 0 Å². The summed E-state index contributed by atoms with van der Waals surface area (Å²) in [5.41, 5.74) is 0. The second-order valence-electron chi connectivity index (χ2n) is 4.94. The smallest absolute Gasteiger partial charge is 0.208 e. The zero-order valence-corrected chi connectivity index (χ0v) is 14.6. The average molecular weight is 379 g/mol. The molecule has 6 heteroatoms. The van der Waals surface area contributed by atoms with Crippen LogP contribution in [0.1, 0.15) is 0 Å². The average Bonchev–Trinajstić information content (AvgIpc) is 2.58. The molecule has 0 aliphatic rings. The van der Waals surface area contributed by atoms with Crippen LogP contribution in [0.3, 0.4) is 0 Å². The van der Waals surface area contributed by atoms with Gasteiger partial charge in [0, 0.05) is 0 Å². The number of halogens is 2. The van der Waals surface area contributed by atoms with E-state index in [-0.39, 0.29) is 14.8 Å². The van der Waals surface area contributed by atoms with Crippen LogP contribution in [0.25, 0.3) is 0 Å². The van der Waals surface area contributed by atoms with Gasteiger partial charge in [0.05, 0.1) is 19.8 Å². The Kier molecular flexibility index (Phi) is 4.81. The Hall–Kier alpha value is -2.01. The van der Waals surface area contributed by atoms with Crippen LogP contribution in [0.5, 0.6) is 11.5 Å². The van der Waals surface area contributed by atoms with Crippen molar-refractivity contribution in [2.24, 2.45) is 0 Å². The van der Waals surface area contributed by atoms with Crippen LogP contribution in [-0.4, -0.2) is 8.42 Å². The maximum Gasteiger partial charge on any atom is 0.208 e. The molecule has 0 radical (unpaired) electrons. The van der Waals surface area contributed by atoms with Crippen LogP contribution in [0.15, 0.2) is 82.6 Å². The Morgan fingerprint density at radius 2 is 1.29 bits per heavy atom. The number of hydrogen-bond donors (Lipinski definition) is 0. The van der Waals surface area contributed by atoms with E-state index < -0.39 is 9.84 Å². The predicted octanol–water partition coefficient (Wildman–Crippen LogP) is 5.62. The zero-order valence-electron chi connectivity index (χ0n) is 12.3. The molecule has 122 valence electrons. The Morgan fingerprint density at radius 3 is 1.92 bits per heavy atom. The number of ether oxygens (including phenoxy) is 1. The van der Waals surface area contributed by atoms with Crippen molar-refractivity contribution in [1.82, 2.24) is 0 Å². The second-order valence-corrected chi connectivity index (χ2v) is 7.67. The first-order chi connectivity index (χ1) is 11.5. The minimum atomic E-state index is -3.68. The van der Waals surface area contributed by atoms with Crippen molar-refractivity contribution in [3.8, 4) is 11.5 Å². The zero-order chi connectivity index (χ0) is 17.2. The van der Waals surface area contributed by atoms with Crippen LogP contribution in [0, 0.1) is 0 Å². The van der Waals surface area contributed by atoms with Crippen LogP contribution in [0.2, 0.25) is 10.0 Å². The molecule has 0 heterocycles. The largest absolute Gasteiger partial charge is 0.456 e. The molecule has 0 saturated heterocycles. The topological polar surface area (TPSA) is 43.4 Å². The van der Waals surface area contributed by atoms with Crippen molar-refractivity contribution in [2.45, 2.75) is 9.79 Å². The Balaban J connectivity index is 1.90. The van der Waals surface area contributed by atoms with Gasteiger partial charge in [-0.3, -0.25) is 0 Å². The molecule has 3 aromatic carbocycles. The minimum absolute atomic E-state index is 0.0754. The van der Waals surface area contributed by atoms with E-state index in [0.29, 0.717) is 16.5 Å². The summed E-state index contributed by atoms with van der Waals surface area (Å²) in [5.74, 6) is 0.988. The number of sulfone groups is 1. The van der Waals surface area contributed by atoms with Crippen molar-refractivity contribution < 1.29 is 13.2 Å². The maximum absolute atomic E-state index is 12.6. The monoisotopic (exact) mass is 378 g/mol. The van der Waals surface area contributed by atoms with E-state index in [1.54, 1.807) is 54.6 Å². The van der Waals surface area contributed by atoms with E-state index in [1.165, 1.54) is 18.2 Å². The highest BCUT2D eigenvalue weighted by molar-refractivity contribution is 7.91. The van der Waals surface area contributed by atoms with Gasteiger partial charge in [-0.15, -0.1) is 0 Å². The van der Waals surface area contributed by atoms with E-state index in [9.17, 15) is 8.42 Å². The molecule has 3 aromatic rings. The second kappa shape index (κ2) is 6.85. The molecule has 0 N–H and O–H groups in total. The molecule has 0 atom stereocenters. The highest BCUT2D eigenvalue weighted by Gasteiger charge is 2.20. The molecule has 0 bridgehead atoms. The van der Waals surface area contributed by atoms with Crippen molar-refractivity contribution in [3.63, 3.8) is 0 Å². The summed E-state index contributed by atoms with van der Waals surface area (Å²) in [7, 11) is -3.68. The molecule has 0 aromatic heterocycles. The first kappa shape index (κ1) is 16.8. The van der Waals surface area contributed by atoms with Crippen molar-refractivity contribution in [1.29, 1.82) is 0 Å². The summed E-state index contributed by atoms with van der Waals surface area (Å²) in [5, 5.41) is 0.666. The number of rotatable bonds is 4. The maximum atomic E-state index is 12.6. The summed E-state index contributed by atoms with van der Waals surface area (Å²) in [6, 6.07) is 19.5. The van der Waals surface area contributed by atoms with Gasteiger partial charge >= 0.3 is 0 Å². The molecular formula is C18H12Cl2O3S. The van der Waals surface area contributed by atoms with Gasteiger partial charge in [0.15, 0.2) is 0 Å². The summed E-state index contributed by atoms with van der Waals surface area (Å²) in [4.78, 5) is 0.216. The van der Waals surface area contributed by atoms with Crippen molar-refractivity contribution >= 4 is 33.0 Å². The van der Waals surface area contributed by atoms with Gasteiger partial charge in [-0.25, -0.2) is 8.42 Å². The summed E-state index contributed by atoms with van der Waals surface area (Å²) in [6.07, 6.45) is 0. The van der Waals surface area contributed by atoms with E-state index in [1.807, 2.05) is 0 Å². The molecule has 0 fully saturated rings. The van der Waals surface area contributed by atoms with Crippen LogP contribution in [-0.2, 0) is 9.84 Å². The van der Waals surface area contributed by atoms with Gasteiger partial charge in [0.2, 0.25) is 9.84 Å². The first-order valence-corrected chi connectivity index (χ1v) is 9.24. The van der Waals surface area contributed by atoms with Crippen molar-refractivity contribution in [3.05, 3.63) is 82.8 Å². The van der Waals surface area contributed by atoms with E-state index in [2.05, 4.69) is 0 Å². The number of para-hydroxylation sites is 1. The SMILES string of the molecule is O=S(=O)(c1ccc(Oc2ccccc2Cl)cc1)c1ccccc1Cl. The highest BCUT2D eigenvalue weighted by Crippen LogP contribution is 2.31. The molecule has 0 aliphatic carbocycles. The summed E-state index contributed by atoms with van der Waals surface area (Å²) < 4.78 is 30.9. The van der Waals surface area contributed by atoms with Gasteiger partial charge in [0.25, 0.3) is 0 Å². The molecule has 0 saturated carbocycles. The lowest BCUT2D eigenvalue weighted by atomic mass is 10.3. The normalized spacial score (nSPS) is 11.2. The third kappa shape index (κ3) is 3.41. The van der Waals surface area contributed by atoms with Gasteiger partial charge in [-0.05, 0) is 48.5 Å². The molecular weight excluding hydrogens is 367 g/mol. The molecule has 0 aliphatic heterocycles. The molecule has 3 rings (SSSR count). The Morgan fingerprint density at radius 1 is 0.708 bits per heavy atom. The third-order valence-corrected chi connectivity index (χ3v) is 5.91. The van der Waals surface area contributed by atoms with E-state index in [0.717, 1.165) is 0 Å². The van der Waals surface area contributed by atoms with E-state index >= 15 is 0 Å². The summed E-state index contributed by atoms with van der Waals surface area (Å²) in [6.45, 7) is 0. The summed E-state index contributed by atoms with van der Waals surface area (Å²) >= 11 is 12.0. The fourth-order valence-corrected chi connectivity index (χ4v) is 4.08. The standard InChI is InChI=1S/C18H12Cl2O3S/c19-15-5-1-3-7-17(15)23-13-9-11-14(12-10-13)24(21,22)18-8-4-2-6-16(18)20/h1-12H. The first-order valence-electron chi connectivity index (χ1n) is 7.00. The number of benzene rings is 3. The molecule has 24 heavy (non-hydrogen) atoms. The fraction of sp³-hybridized carbons (Fsp3) is 0. The molecule has 0 unspecified atom stereocenters. The predicted molar refractivity (Wildman–Crippen MR) is 94.9 cm³/mol. The van der Waals surface area contributed by atoms with Crippen molar-refractivity contribution in [2.75, 3.05) is 0 Å². The van der Waals surface area contributed by atoms with Crippen LogP contribution >= 0.6 is 23.2 Å². The van der Waals surface area contributed by atoms with Crippen LogP contribution < -0.4 is 4.74 Å². The Bertz CT molecular complexity index is 968. The quantitative estimate of drug-likeness (QED) is 0.591. The third-order valence-electron chi connectivity index (χ3n) is 3.32. The fourth-order valence-electron chi connectivity index (χ4n) is 2.13. The molecule has 3 nitrogen and oxygen atoms in total. The van der Waals surface area contributed by atoms with Gasteiger partial charge < -0.3 is 4.74 Å². The van der Waals surface area contributed by atoms with Gasteiger partial charge in [-0.1, -0.05) is 47.5 Å². The van der Waals surface area contributed by atoms with Gasteiger partial charge in [0.1, 0.15) is 11.5 Å². The lowest BCUT2D eigenvalue weighted by Crippen LogP contribution is -2.02. The lowest BCUT2D eigenvalue weighted by molar-refractivity contribution is 0.482. The molecule has 0 spiro atoms. The van der Waals surface area contributed by atoms with E-state index in [4.69, 9.17) is 27.9 Å². The Labute approximate surface area is 150 Å².